The zero-order valence-corrected chi connectivity index (χ0v) is 17.1. The second kappa shape index (κ2) is 10.8. The molecule has 1 aliphatic heterocycles. The first kappa shape index (κ1) is 21.1. The summed E-state index contributed by atoms with van der Waals surface area (Å²) in [4.78, 5) is 18.1. The average Bonchev–Trinajstić information content (AvgIpc) is 2.64. The van der Waals surface area contributed by atoms with Crippen LogP contribution in [0.15, 0.2) is 29.3 Å². The zero-order chi connectivity index (χ0) is 19.6. The maximum Gasteiger partial charge on any atom is 0.222 e. The fourth-order valence-electron chi connectivity index (χ4n) is 2.96. The van der Waals surface area contributed by atoms with Gasteiger partial charge in [-0.3, -0.25) is 9.79 Å². The molecule has 1 heterocycles. The Labute approximate surface area is 163 Å². The van der Waals surface area contributed by atoms with Crippen molar-refractivity contribution in [3.8, 4) is 5.75 Å². The Morgan fingerprint density at radius 3 is 2.70 bits per heavy atom. The number of aliphatic imine (C=N–C) groups is 1. The molecular weight excluding hydrogens is 340 g/mol. The van der Waals surface area contributed by atoms with E-state index in [1.54, 1.807) is 4.90 Å². The summed E-state index contributed by atoms with van der Waals surface area (Å²) in [7, 11) is 1.86. The van der Waals surface area contributed by atoms with Gasteiger partial charge in [0.25, 0.3) is 0 Å². The fraction of sp³-hybridized carbons (Fsp3) is 0.619. The molecule has 0 spiro atoms. The lowest BCUT2D eigenvalue weighted by Gasteiger charge is -2.31. The molecule has 1 aromatic rings. The molecule has 6 nitrogen and oxygen atoms in total. The summed E-state index contributed by atoms with van der Waals surface area (Å²) >= 11 is 0. The summed E-state index contributed by atoms with van der Waals surface area (Å²) in [6.45, 7) is 9.34. The molecule has 0 bridgehead atoms. The van der Waals surface area contributed by atoms with Crippen molar-refractivity contribution in [2.24, 2.45) is 10.9 Å². The van der Waals surface area contributed by atoms with Gasteiger partial charge in [-0.25, -0.2) is 0 Å². The predicted molar refractivity (Wildman–Crippen MR) is 110 cm³/mol. The molecule has 27 heavy (non-hydrogen) atoms. The normalized spacial score (nSPS) is 18.0. The summed E-state index contributed by atoms with van der Waals surface area (Å²) in [5, 5.41) is 6.75. The number of nitrogens with one attached hydrogen (secondary N) is 2. The third kappa shape index (κ3) is 7.49. The smallest absolute Gasteiger partial charge is 0.222 e. The molecule has 150 valence electrons. The van der Waals surface area contributed by atoms with Crippen LogP contribution in [0.1, 0.15) is 39.2 Å². The van der Waals surface area contributed by atoms with E-state index in [2.05, 4.69) is 48.5 Å². The Hall–Kier alpha value is -2.24. The number of piperidine rings is 1. The molecule has 1 aliphatic rings. The van der Waals surface area contributed by atoms with Crippen LogP contribution in [0.3, 0.4) is 0 Å². The Bertz CT molecular complexity index is 613. The Balaban J connectivity index is 1.83. The molecule has 0 radical (unpaired) electrons. The van der Waals surface area contributed by atoms with Gasteiger partial charge >= 0.3 is 0 Å². The molecule has 0 saturated carbocycles. The lowest BCUT2D eigenvalue weighted by molar-refractivity contribution is -0.132. The molecule has 2 rings (SSSR count). The van der Waals surface area contributed by atoms with E-state index < -0.39 is 0 Å². The van der Waals surface area contributed by atoms with Gasteiger partial charge < -0.3 is 20.3 Å². The fourth-order valence-corrected chi connectivity index (χ4v) is 2.96. The number of ether oxygens (including phenoxy) is 1. The minimum absolute atomic E-state index is 0.218. The van der Waals surface area contributed by atoms with E-state index >= 15 is 0 Å². The van der Waals surface area contributed by atoms with Gasteiger partial charge in [0.05, 0.1) is 6.61 Å². The minimum atomic E-state index is 0.218. The monoisotopic (exact) mass is 374 g/mol. The van der Waals surface area contributed by atoms with E-state index in [0.717, 1.165) is 44.2 Å². The molecule has 1 atom stereocenters. The van der Waals surface area contributed by atoms with Crippen LogP contribution in [-0.2, 0) is 11.2 Å². The van der Waals surface area contributed by atoms with Crippen molar-refractivity contribution in [1.29, 1.82) is 0 Å². The van der Waals surface area contributed by atoms with Crippen molar-refractivity contribution in [2.45, 2.75) is 46.1 Å². The maximum atomic E-state index is 11.6. The number of guanidine groups is 1. The molecule has 0 aromatic heterocycles. The number of carbonyl (C=O) groups is 1. The number of rotatable bonds is 8. The number of amides is 1. The first-order valence-electron chi connectivity index (χ1n) is 9.98. The van der Waals surface area contributed by atoms with Crippen molar-refractivity contribution < 1.29 is 9.53 Å². The maximum absolute atomic E-state index is 11.6. The number of hydrogen-bond acceptors (Lipinski definition) is 3. The molecule has 1 aromatic carbocycles. The van der Waals surface area contributed by atoms with E-state index in [1.165, 1.54) is 5.56 Å². The quantitative estimate of drug-likeness (QED) is 0.542. The van der Waals surface area contributed by atoms with E-state index in [-0.39, 0.29) is 11.9 Å². The van der Waals surface area contributed by atoms with Crippen molar-refractivity contribution in [2.75, 3.05) is 33.3 Å². The molecule has 6 heteroatoms. The molecule has 2 N–H and O–H groups in total. The van der Waals surface area contributed by atoms with Crippen LogP contribution >= 0.6 is 0 Å². The first-order valence-corrected chi connectivity index (χ1v) is 9.98. The highest BCUT2D eigenvalue weighted by Crippen LogP contribution is 2.14. The van der Waals surface area contributed by atoms with Crippen LogP contribution in [0, 0.1) is 5.92 Å². The molecule has 1 unspecified atom stereocenters. The van der Waals surface area contributed by atoms with Crippen molar-refractivity contribution in [1.82, 2.24) is 15.5 Å². The van der Waals surface area contributed by atoms with E-state index in [0.29, 0.717) is 18.9 Å². The van der Waals surface area contributed by atoms with Crippen LogP contribution in [-0.4, -0.2) is 56.1 Å². The molecule has 0 aliphatic carbocycles. The number of nitrogens with zero attached hydrogens (tertiary/aromatic N) is 2. The highest BCUT2D eigenvalue weighted by atomic mass is 16.5. The van der Waals surface area contributed by atoms with Crippen LogP contribution in [0.4, 0.5) is 0 Å². The van der Waals surface area contributed by atoms with Crippen molar-refractivity contribution >= 4 is 11.9 Å². The van der Waals surface area contributed by atoms with E-state index in [9.17, 15) is 4.79 Å². The second-order valence-corrected chi connectivity index (χ2v) is 7.51. The largest absolute Gasteiger partial charge is 0.493 e. The standard InChI is InChI=1S/C21H34N4O2/c1-5-22-21(24-18-8-11-20(26)25(4)14-18)23-13-12-17-6-9-19(10-7-17)27-15-16(2)3/h6-7,9-10,16,18H,5,8,11-15H2,1-4H3,(H2,22,23,24). The molecule has 1 saturated heterocycles. The highest BCUT2D eigenvalue weighted by Gasteiger charge is 2.23. The number of likely N-dealkylation sites (tertiary alicyclic amines) is 1. The highest BCUT2D eigenvalue weighted by molar-refractivity contribution is 5.81. The minimum Gasteiger partial charge on any atom is -0.493 e. The second-order valence-electron chi connectivity index (χ2n) is 7.51. The summed E-state index contributed by atoms with van der Waals surface area (Å²) < 4.78 is 5.72. The van der Waals surface area contributed by atoms with Crippen molar-refractivity contribution in [3.05, 3.63) is 29.8 Å². The molecule has 1 amide bonds. The predicted octanol–water partition coefficient (Wildman–Crippen LogP) is 2.44. The van der Waals surface area contributed by atoms with Gasteiger partial charge in [-0.2, -0.15) is 0 Å². The van der Waals surface area contributed by atoms with Crippen molar-refractivity contribution in [3.63, 3.8) is 0 Å². The van der Waals surface area contributed by atoms with Gasteiger partial charge in [-0.05, 0) is 43.4 Å². The van der Waals surface area contributed by atoms with Crippen LogP contribution < -0.4 is 15.4 Å². The number of likely N-dealkylation sites (N-methyl/N-ethyl adjacent to an activating group) is 1. The Kier molecular flexibility index (Phi) is 8.43. The zero-order valence-electron chi connectivity index (χ0n) is 17.1. The summed E-state index contributed by atoms with van der Waals surface area (Å²) in [6, 6.07) is 8.52. The Morgan fingerprint density at radius 2 is 2.07 bits per heavy atom. The van der Waals surface area contributed by atoms with Crippen LogP contribution in [0.5, 0.6) is 5.75 Å². The van der Waals surface area contributed by atoms with Gasteiger partial charge in [0.2, 0.25) is 5.91 Å². The Morgan fingerprint density at radius 1 is 1.33 bits per heavy atom. The van der Waals surface area contributed by atoms with Gasteiger partial charge in [-0.15, -0.1) is 0 Å². The summed E-state index contributed by atoms with van der Waals surface area (Å²) in [5.41, 5.74) is 1.24. The van der Waals surface area contributed by atoms with Gasteiger partial charge in [0, 0.05) is 39.1 Å². The third-order valence-corrected chi connectivity index (χ3v) is 4.49. The summed E-state index contributed by atoms with van der Waals surface area (Å²) in [6.07, 6.45) is 2.33. The topological polar surface area (TPSA) is 66.0 Å². The molecular formula is C21H34N4O2. The third-order valence-electron chi connectivity index (χ3n) is 4.49. The van der Waals surface area contributed by atoms with Gasteiger partial charge in [0.1, 0.15) is 5.75 Å². The number of carbonyl (C=O) groups excluding carboxylic acids is 1. The first-order chi connectivity index (χ1) is 13.0. The van der Waals surface area contributed by atoms with Crippen LogP contribution in [0.25, 0.3) is 0 Å². The van der Waals surface area contributed by atoms with E-state index in [4.69, 9.17) is 4.74 Å². The van der Waals surface area contributed by atoms with Gasteiger partial charge in [-0.1, -0.05) is 26.0 Å². The number of benzene rings is 1. The van der Waals surface area contributed by atoms with E-state index in [1.807, 2.05) is 19.2 Å². The lowest BCUT2D eigenvalue weighted by atomic mass is 10.1. The number of hydrogen-bond donors (Lipinski definition) is 2. The summed E-state index contributed by atoms with van der Waals surface area (Å²) in [5.74, 6) is 2.48. The lowest BCUT2D eigenvalue weighted by Crippen LogP contribution is -2.51. The average molecular weight is 375 g/mol. The van der Waals surface area contributed by atoms with Gasteiger partial charge in [0.15, 0.2) is 5.96 Å². The SMILES string of the molecule is CCNC(=NCCc1ccc(OCC(C)C)cc1)NC1CCC(=O)N(C)C1. The molecule has 1 fully saturated rings. The van der Waals surface area contributed by atoms with Crippen LogP contribution in [0.2, 0.25) is 0 Å².